The predicted octanol–water partition coefficient (Wildman–Crippen LogP) is 2.22. The van der Waals surface area contributed by atoms with Gasteiger partial charge in [0.25, 0.3) is 5.91 Å². The minimum atomic E-state index is -1.03. The molecule has 22 heavy (non-hydrogen) atoms. The Morgan fingerprint density at radius 2 is 1.68 bits per heavy atom. The molecule has 0 saturated heterocycles. The Morgan fingerprint density at radius 3 is 2.18 bits per heavy atom. The molecule has 2 N–H and O–H groups in total. The van der Waals surface area contributed by atoms with E-state index in [1.807, 2.05) is 13.8 Å². The van der Waals surface area contributed by atoms with Crippen molar-refractivity contribution < 1.29 is 24.2 Å². The Morgan fingerprint density at radius 1 is 1.09 bits per heavy atom. The van der Waals surface area contributed by atoms with Crippen molar-refractivity contribution in [1.29, 1.82) is 0 Å². The van der Waals surface area contributed by atoms with Gasteiger partial charge in [-0.15, -0.1) is 0 Å². The zero-order valence-corrected chi connectivity index (χ0v) is 13.0. The smallest absolute Gasteiger partial charge is 0.326 e. The summed E-state index contributed by atoms with van der Waals surface area (Å²) in [5.74, 6) is -0.214. The van der Waals surface area contributed by atoms with Crippen LogP contribution in [0.1, 0.15) is 33.1 Å². The predicted molar refractivity (Wildman–Crippen MR) is 82.2 cm³/mol. The molecule has 0 aliphatic rings. The van der Waals surface area contributed by atoms with Crippen LogP contribution in [0.2, 0.25) is 0 Å². The third-order valence-electron chi connectivity index (χ3n) is 2.88. The summed E-state index contributed by atoms with van der Waals surface area (Å²) in [6.45, 7) is 4.32. The fourth-order valence-corrected chi connectivity index (χ4v) is 1.78. The number of benzene rings is 1. The summed E-state index contributed by atoms with van der Waals surface area (Å²) in [5.41, 5.74) is 0. The van der Waals surface area contributed by atoms with Crippen molar-refractivity contribution in [3.63, 3.8) is 0 Å². The Bertz CT molecular complexity index is 472. The van der Waals surface area contributed by atoms with E-state index in [2.05, 4.69) is 5.32 Å². The molecular formula is C16H23NO5. The second-order valence-electron chi connectivity index (χ2n) is 4.86. The molecule has 1 aromatic carbocycles. The summed E-state index contributed by atoms with van der Waals surface area (Å²) in [4.78, 5) is 22.6. The van der Waals surface area contributed by atoms with Crippen LogP contribution in [0.4, 0.5) is 0 Å². The van der Waals surface area contributed by atoms with Crippen LogP contribution >= 0.6 is 0 Å². The molecule has 0 fully saturated rings. The van der Waals surface area contributed by atoms with Crippen molar-refractivity contribution in [3.05, 3.63) is 24.3 Å². The maximum atomic E-state index is 11.7. The summed E-state index contributed by atoms with van der Waals surface area (Å²) in [6, 6.07) is 6.07. The highest BCUT2D eigenvalue weighted by atomic mass is 16.5. The average Bonchev–Trinajstić information content (AvgIpc) is 2.51. The standard InChI is InChI=1S/C16H23NO5/c1-3-5-14(16(19)20)17-15(18)11-22-13-8-6-12(7-9-13)21-10-4-2/h6-9,14H,3-5,10-11H2,1-2H3,(H,17,18)(H,19,20). The lowest BCUT2D eigenvalue weighted by atomic mass is 10.2. The number of carbonyl (C=O) groups is 2. The third kappa shape index (κ3) is 6.47. The van der Waals surface area contributed by atoms with Crippen molar-refractivity contribution in [3.8, 4) is 11.5 Å². The van der Waals surface area contributed by atoms with Crippen molar-refractivity contribution in [2.45, 2.75) is 39.2 Å². The van der Waals surface area contributed by atoms with Crippen LogP contribution in [0.25, 0.3) is 0 Å². The second-order valence-corrected chi connectivity index (χ2v) is 4.86. The fourth-order valence-electron chi connectivity index (χ4n) is 1.78. The first-order valence-corrected chi connectivity index (χ1v) is 7.44. The van der Waals surface area contributed by atoms with Crippen molar-refractivity contribution in [2.75, 3.05) is 13.2 Å². The molecule has 1 amide bonds. The molecule has 6 nitrogen and oxygen atoms in total. The van der Waals surface area contributed by atoms with E-state index in [4.69, 9.17) is 14.6 Å². The van der Waals surface area contributed by atoms with Gasteiger partial charge in [0, 0.05) is 0 Å². The molecule has 0 radical (unpaired) electrons. The number of carboxylic acids is 1. The Labute approximate surface area is 130 Å². The van der Waals surface area contributed by atoms with E-state index in [9.17, 15) is 9.59 Å². The summed E-state index contributed by atoms with van der Waals surface area (Å²) in [7, 11) is 0. The lowest BCUT2D eigenvalue weighted by molar-refractivity contribution is -0.142. The van der Waals surface area contributed by atoms with Crippen LogP contribution in [-0.4, -0.2) is 36.2 Å². The second kappa shape index (κ2) is 9.65. The highest BCUT2D eigenvalue weighted by Crippen LogP contribution is 2.17. The van der Waals surface area contributed by atoms with E-state index < -0.39 is 17.9 Å². The number of nitrogens with one attached hydrogen (secondary N) is 1. The number of carboxylic acid groups (broad SMARTS) is 1. The van der Waals surface area contributed by atoms with Crippen molar-refractivity contribution >= 4 is 11.9 Å². The van der Waals surface area contributed by atoms with E-state index in [1.165, 1.54) is 0 Å². The average molecular weight is 309 g/mol. The lowest BCUT2D eigenvalue weighted by Crippen LogP contribution is -2.42. The van der Waals surface area contributed by atoms with Gasteiger partial charge in [-0.25, -0.2) is 4.79 Å². The van der Waals surface area contributed by atoms with Crippen molar-refractivity contribution in [1.82, 2.24) is 5.32 Å². The van der Waals surface area contributed by atoms with Gasteiger partial charge in [-0.05, 0) is 37.1 Å². The van der Waals surface area contributed by atoms with Crippen LogP contribution in [-0.2, 0) is 9.59 Å². The first kappa shape index (κ1) is 17.8. The molecule has 0 spiro atoms. The molecular weight excluding hydrogens is 286 g/mol. The monoisotopic (exact) mass is 309 g/mol. The minimum Gasteiger partial charge on any atom is -0.494 e. The van der Waals surface area contributed by atoms with Gasteiger partial charge < -0.3 is 19.9 Å². The minimum absolute atomic E-state index is 0.220. The highest BCUT2D eigenvalue weighted by Gasteiger charge is 2.18. The van der Waals surface area contributed by atoms with Crippen LogP contribution in [0, 0.1) is 0 Å². The van der Waals surface area contributed by atoms with Gasteiger partial charge in [0.2, 0.25) is 0 Å². The Hall–Kier alpha value is -2.24. The third-order valence-corrected chi connectivity index (χ3v) is 2.88. The number of ether oxygens (including phenoxy) is 2. The number of hydrogen-bond acceptors (Lipinski definition) is 4. The summed E-state index contributed by atoms with van der Waals surface area (Å²) in [6.07, 6.45) is 2.00. The van der Waals surface area contributed by atoms with Gasteiger partial charge in [0.1, 0.15) is 17.5 Å². The number of amides is 1. The van der Waals surface area contributed by atoms with Gasteiger partial charge in [-0.1, -0.05) is 20.3 Å². The molecule has 0 aliphatic carbocycles. The normalized spacial score (nSPS) is 11.5. The van der Waals surface area contributed by atoms with Gasteiger partial charge in [-0.3, -0.25) is 4.79 Å². The summed E-state index contributed by atoms with van der Waals surface area (Å²) >= 11 is 0. The molecule has 0 heterocycles. The quantitative estimate of drug-likeness (QED) is 0.692. The highest BCUT2D eigenvalue weighted by molar-refractivity contribution is 5.84. The molecule has 1 rings (SSSR count). The van der Waals surface area contributed by atoms with E-state index in [0.29, 0.717) is 25.2 Å². The van der Waals surface area contributed by atoms with Gasteiger partial charge in [-0.2, -0.15) is 0 Å². The summed E-state index contributed by atoms with van der Waals surface area (Å²) < 4.78 is 10.8. The maximum absolute atomic E-state index is 11.7. The van der Waals surface area contributed by atoms with Gasteiger partial charge >= 0.3 is 5.97 Å². The van der Waals surface area contributed by atoms with Crippen LogP contribution in [0.3, 0.4) is 0 Å². The molecule has 6 heteroatoms. The van der Waals surface area contributed by atoms with Crippen LogP contribution in [0.15, 0.2) is 24.3 Å². The lowest BCUT2D eigenvalue weighted by Gasteiger charge is -2.14. The molecule has 0 aromatic heterocycles. The Balaban J connectivity index is 2.41. The SMILES string of the molecule is CCCOc1ccc(OCC(=O)NC(CCC)C(=O)O)cc1. The topological polar surface area (TPSA) is 84.9 Å². The van der Waals surface area contributed by atoms with Crippen molar-refractivity contribution in [2.24, 2.45) is 0 Å². The largest absolute Gasteiger partial charge is 0.494 e. The van der Waals surface area contributed by atoms with Gasteiger partial charge in [0.15, 0.2) is 6.61 Å². The summed E-state index contributed by atoms with van der Waals surface area (Å²) in [5, 5.41) is 11.4. The molecule has 122 valence electrons. The Kier molecular flexibility index (Phi) is 7.81. The van der Waals surface area contributed by atoms with Gasteiger partial charge in [0.05, 0.1) is 6.61 Å². The molecule has 0 saturated carbocycles. The first-order chi connectivity index (χ1) is 10.6. The number of rotatable bonds is 10. The molecule has 0 bridgehead atoms. The van der Waals surface area contributed by atoms with Crippen LogP contribution in [0.5, 0.6) is 11.5 Å². The maximum Gasteiger partial charge on any atom is 0.326 e. The molecule has 1 unspecified atom stereocenters. The number of hydrogen-bond donors (Lipinski definition) is 2. The van der Waals surface area contributed by atoms with Crippen LogP contribution < -0.4 is 14.8 Å². The van der Waals surface area contributed by atoms with E-state index in [1.54, 1.807) is 24.3 Å². The van der Waals surface area contributed by atoms with E-state index in [-0.39, 0.29) is 6.61 Å². The molecule has 0 aliphatic heterocycles. The van der Waals surface area contributed by atoms with E-state index >= 15 is 0 Å². The number of aliphatic carboxylic acids is 1. The molecule has 1 aromatic rings. The number of carbonyl (C=O) groups excluding carboxylic acids is 1. The first-order valence-electron chi connectivity index (χ1n) is 7.44. The van der Waals surface area contributed by atoms with E-state index in [0.717, 1.165) is 12.2 Å². The fraction of sp³-hybridized carbons (Fsp3) is 0.500. The zero-order valence-electron chi connectivity index (χ0n) is 13.0. The zero-order chi connectivity index (χ0) is 16.4. The molecule has 1 atom stereocenters.